The van der Waals surface area contributed by atoms with E-state index in [2.05, 4.69) is 238 Å². The van der Waals surface area contributed by atoms with E-state index in [0.29, 0.717) is 5.92 Å². The number of fused-ring (bicyclic) bond motifs is 8. The normalized spacial score (nSPS) is 16.6. The van der Waals surface area contributed by atoms with E-state index < -0.39 is 0 Å². The molecule has 0 bridgehead atoms. The molecule has 2 heteroatoms. The summed E-state index contributed by atoms with van der Waals surface area (Å²) >= 11 is 0. The van der Waals surface area contributed by atoms with Crippen molar-refractivity contribution in [2.24, 2.45) is 0 Å². The van der Waals surface area contributed by atoms with Gasteiger partial charge in [-0.15, -0.1) is 0 Å². The summed E-state index contributed by atoms with van der Waals surface area (Å²) in [6, 6.07) is 76.0. The Morgan fingerprint density at radius 1 is 0.388 bits per heavy atom. The minimum atomic E-state index is -0.290. The highest BCUT2D eigenvalue weighted by atomic mass is 15.2. The second-order valence-corrected chi connectivity index (χ2v) is 20.5. The monoisotopic (exact) mass is 862 g/mol. The van der Waals surface area contributed by atoms with Crippen molar-refractivity contribution in [3.05, 3.63) is 261 Å². The molecule has 0 aromatic heterocycles. The van der Waals surface area contributed by atoms with Gasteiger partial charge in [-0.25, -0.2) is 0 Å². The van der Waals surface area contributed by atoms with Gasteiger partial charge in [-0.2, -0.15) is 0 Å². The zero-order valence-corrected chi connectivity index (χ0v) is 38.9. The summed E-state index contributed by atoms with van der Waals surface area (Å²) in [5, 5.41) is 0. The molecular formula is C65H54N2. The van der Waals surface area contributed by atoms with Crippen molar-refractivity contribution < 1.29 is 0 Å². The molecule has 0 amide bonds. The largest absolute Gasteiger partial charge is 0.310 e. The zero-order valence-electron chi connectivity index (χ0n) is 38.9. The van der Waals surface area contributed by atoms with Crippen LogP contribution in [0.4, 0.5) is 34.1 Å². The molecule has 0 radical (unpaired) electrons. The number of anilines is 6. The van der Waals surface area contributed by atoms with Crippen LogP contribution in [0.25, 0.3) is 22.3 Å². The Kier molecular flexibility index (Phi) is 8.97. The van der Waals surface area contributed by atoms with Crippen LogP contribution in [0.2, 0.25) is 0 Å². The van der Waals surface area contributed by atoms with Crippen molar-refractivity contribution in [1.29, 1.82) is 0 Å². The molecule has 3 heterocycles. The fourth-order valence-corrected chi connectivity index (χ4v) is 12.4. The molecule has 9 aromatic carbocycles. The number of nitrogens with zero attached hydrogens (tertiary/aromatic N) is 2. The summed E-state index contributed by atoms with van der Waals surface area (Å²) < 4.78 is 0. The zero-order chi connectivity index (χ0) is 45.0. The first-order chi connectivity index (χ1) is 32.7. The van der Waals surface area contributed by atoms with Crippen LogP contribution >= 0.6 is 0 Å². The van der Waals surface area contributed by atoms with Crippen LogP contribution in [0, 0.1) is 0 Å². The van der Waals surface area contributed by atoms with Crippen LogP contribution in [-0.2, 0) is 36.5 Å². The van der Waals surface area contributed by atoms with E-state index in [-0.39, 0.29) is 10.8 Å². The van der Waals surface area contributed by atoms with Gasteiger partial charge in [0.25, 0.3) is 0 Å². The average molecular weight is 863 g/mol. The van der Waals surface area contributed by atoms with Crippen LogP contribution in [0.15, 0.2) is 200 Å². The van der Waals surface area contributed by atoms with Crippen LogP contribution in [0.3, 0.4) is 0 Å². The predicted octanol–water partition coefficient (Wildman–Crippen LogP) is 16.6. The maximum Gasteiger partial charge on any atom is 0.0544 e. The predicted molar refractivity (Wildman–Crippen MR) is 280 cm³/mol. The first kappa shape index (κ1) is 39.9. The first-order valence-corrected chi connectivity index (χ1v) is 24.2. The first-order valence-electron chi connectivity index (χ1n) is 24.2. The molecule has 324 valence electrons. The molecule has 1 atom stereocenters. The van der Waals surface area contributed by atoms with Crippen molar-refractivity contribution in [3.63, 3.8) is 0 Å². The van der Waals surface area contributed by atoms with Gasteiger partial charge in [0.2, 0.25) is 0 Å². The average Bonchev–Trinajstić information content (AvgIpc) is 3.51. The summed E-state index contributed by atoms with van der Waals surface area (Å²) in [6.45, 7) is 9.79. The molecule has 13 rings (SSSR count). The molecule has 0 fully saturated rings. The molecule has 1 unspecified atom stereocenters. The van der Waals surface area contributed by atoms with Gasteiger partial charge in [-0.05, 0) is 163 Å². The maximum atomic E-state index is 2.60. The van der Waals surface area contributed by atoms with Gasteiger partial charge < -0.3 is 9.80 Å². The van der Waals surface area contributed by atoms with E-state index in [1.54, 1.807) is 0 Å². The van der Waals surface area contributed by atoms with E-state index in [9.17, 15) is 0 Å². The lowest BCUT2D eigenvalue weighted by molar-refractivity contribution is 0.598. The Morgan fingerprint density at radius 3 is 1.73 bits per heavy atom. The lowest BCUT2D eigenvalue weighted by Crippen LogP contribution is -2.38. The van der Waals surface area contributed by atoms with Gasteiger partial charge in [-0.3, -0.25) is 0 Å². The fraction of sp³-hybridized carbons (Fsp3) is 0.169. The minimum Gasteiger partial charge on any atom is -0.310 e. The quantitative estimate of drug-likeness (QED) is 0.170. The third-order valence-corrected chi connectivity index (χ3v) is 15.9. The molecule has 0 saturated carbocycles. The highest BCUT2D eigenvalue weighted by molar-refractivity contribution is 5.95. The van der Waals surface area contributed by atoms with E-state index in [1.807, 2.05) is 0 Å². The van der Waals surface area contributed by atoms with Crippen molar-refractivity contribution in [2.75, 3.05) is 9.80 Å². The fourth-order valence-electron chi connectivity index (χ4n) is 12.4. The topological polar surface area (TPSA) is 6.48 Å². The number of benzene rings is 9. The summed E-state index contributed by atoms with van der Waals surface area (Å²) in [7, 11) is 0. The van der Waals surface area contributed by atoms with Crippen molar-refractivity contribution in [2.45, 2.75) is 70.1 Å². The van der Waals surface area contributed by atoms with Gasteiger partial charge in [0, 0.05) is 28.6 Å². The molecule has 0 saturated heterocycles. The molecule has 2 nitrogen and oxygen atoms in total. The Labute approximate surface area is 395 Å². The van der Waals surface area contributed by atoms with Crippen LogP contribution in [0.1, 0.15) is 94.8 Å². The molecule has 0 N–H and O–H groups in total. The molecule has 0 spiro atoms. The molecule has 9 aromatic rings. The summed E-state index contributed by atoms with van der Waals surface area (Å²) in [5.41, 5.74) is 27.6. The van der Waals surface area contributed by atoms with Crippen molar-refractivity contribution in [3.8, 4) is 22.3 Å². The van der Waals surface area contributed by atoms with Crippen molar-refractivity contribution >= 4 is 34.1 Å². The number of hydrogen-bond donors (Lipinski definition) is 0. The Hall–Kier alpha value is -7.42. The second-order valence-electron chi connectivity index (χ2n) is 20.5. The van der Waals surface area contributed by atoms with Gasteiger partial charge in [-0.1, -0.05) is 173 Å². The number of para-hydroxylation sites is 3. The van der Waals surface area contributed by atoms with Gasteiger partial charge in [0.1, 0.15) is 0 Å². The van der Waals surface area contributed by atoms with Gasteiger partial charge >= 0.3 is 0 Å². The molecule has 4 aliphatic rings. The molecule has 1 aliphatic carbocycles. The Bertz CT molecular complexity index is 3430. The van der Waals surface area contributed by atoms with Crippen LogP contribution in [-0.4, -0.2) is 0 Å². The third-order valence-electron chi connectivity index (χ3n) is 15.9. The highest BCUT2D eigenvalue weighted by Crippen LogP contribution is 2.61. The summed E-state index contributed by atoms with van der Waals surface area (Å²) in [6.07, 6.45) is 3.96. The smallest absolute Gasteiger partial charge is 0.0544 e. The van der Waals surface area contributed by atoms with Crippen LogP contribution < -0.4 is 9.80 Å². The molecular weight excluding hydrogens is 809 g/mol. The summed E-state index contributed by atoms with van der Waals surface area (Å²) in [4.78, 5) is 5.05. The Balaban J connectivity index is 0.946. The van der Waals surface area contributed by atoms with E-state index in [4.69, 9.17) is 0 Å². The summed E-state index contributed by atoms with van der Waals surface area (Å²) in [5.74, 6) is 0.417. The van der Waals surface area contributed by atoms with E-state index >= 15 is 0 Å². The highest BCUT2D eigenvalue weighted by Gasteiger charge is 2.46. The number of hydrogen-bond acceptors (Lipinski definition) is 2. The molecule has 3 aliphatic heterocycles. The minimum absolute atomic E-state index is 0.207. The lowest BCUT2D eigenvalue weighted by atomic mass is 9.65. The van der Waals surface area contributed by atoms with Crippen LogP contribution in [0.5, 0.6) is 0 Å². The second kappa shape index (κ2) is 15.1. The molecule has 67 heavy (non-hydrogen) atoms. The standard InChI is InChI=1S/C65H54N2/c1-64(2)55-24-14-16-26-60(55)67-61-32-31-45(46-29-30-49-36-48-20-12-15-25-59(48)66(62(49)41-46)53-21-9-6-10-22-53)38-56(61)65(3,4)58-40-51(39-57(64)63(58)67)44-28-27-43-34-47-19-11-13-23-54(47)52(37-50(43)35-44)33-42-17-7-5-8-18-42/h5-32,35,38-41,52H,33-34,36-37H2,1-4H3. The lowest BCUT2D eigenvalue weighted by Gasteiger charge is -2.50. The maximum absolute atomic E-state index is 2.60. The van der Waals surface area contributed by atoms with E-state index in [0.717, 1.165) is 25.7 Å². The van der Waals surface area contributed by atoms with Gasteiger partial charge in [0.05, 0.1) is 22.7 Å². The Morgan fingerprint density at radius 2 is 0.940 bits per heavy atom. The van der Waals surface area contributed by atoms with Crippen molar-refractivity contribution in [1.82, 2.24) is 0 Å². The van der Waals surface area contributed by atoms with E-state index in [1.165, 1.54) is 118 Å². The number of rotatable bonds is 5. The SMILES string of the molecule is CC1(C)c2ccccc2N2c3ccc(-c4ccc5c(c4)N(c4ccccc4)c4ccccc4C5)cc3C(C)(C)c3cc(-c4ccc5c(c4)CC(Cc4ccccc4)c4ccccc4C5)cc1c32. The third kappa shape index (κ3) is 6.30. The van der Waals surface area contributed by atoms with Gasteiger partial charge in [0.15, 0.2) is 0 Å².